The summed E-state index contributed by atoms with van der Waals surface area (Å²) < 4.78 is 6.64. The second kappa shape index (κ2) is 7.44. The molecule has 0 unspecified atom stereocenters. The van der Waals surface area contributed by atoms with Gasteiger partial charge in [0.1, 0.15) is 5.00 Å². The fourth-order valence-corrected chi connectivity index (χ4v) is 4.55. The molecule has 1 aliphatic rings. The smallest absolute Gasteiger partial charge is 0.341 e. The number of nitrogens with one attached hydrogen (secondary N) is 1. The lowest BCUT2D eigenvalue weighted by Gasteiger charge is -2.11. The highest BCUT2D eigenvalue weighted by Gasteiger charge is 2.25. The van der Waals surface area contributed by atoms with Gasteiger partial charge in [-0.05, 0) is 56.0 Å². The second-order valence-electron chi connectivity index (χ2n) is 6.01. The number of hydrogen-bond donors (Lipinski definition) is 1. The van der Waals surface area contributed by atoms with E-state index in [1.165, 1.54) is 24.8 Å². The Kier molecular flexibility index (Phi) is 5.30. The molecule has 24 heavy (non-hydrogen) atoms. The number of rotatable bonds is 2. The van der Waals surface area contributed by atoms with Crippen LogP contribution in [0.5, 0.6) is 0 Å². The Bertz CT molecular complexity index is 764. The SMILES string of the molecule is COC(=O)c1c(NC(=S)n2cc(C)cn2)sc2c1CCCCCC2. The fourth-order valence-electron chi connectivity index (χ4n) is 3.00. The van der Waals surface area contributed by atoms with Crippen molar-refractivity contribution in [3.63, 3.8) is 0 Å². The van der Waals surface area contributed by atoms with Crippen LogP contribution in [0.1, 0.15) is 52.0 Å². The summed E-state index contributed by atoms with van der Waals surface area (Å²) in [5, 5.41) is 8.65. The molecule has 1 aliphatic carbocycles. The van der Waals surface area contributed by atoms with Gasteiger partial charge in [-0.1, -0.05) is 12.8 Å². The summed E-state index contributed by atoms with van der Waals surface area (Å²) in [5.41, 5.74) is 2.81. The molecule has 2 aromatic heterocycles. The summed E-state index contributed by atoms with van der Waals surface area (Å²) in [5.74, 6) is -0.296. The number of carbonyl (C=O) groups excluding carboxylic acids is 1. The predicted octanol–water partition coefficient (Wildman–Crippen LogP) is 3.94. The number of thiocarbonyl (C=S) groups is 1. The normalized spacial score (nSPS) is 14.4. The van der Waals surface area contributed by atoms with Gasteiger partial charge in [-0.25, -0.2) is 9.48 Å². The molecule has 0 saturated carbocycles. The van der Waals surface area contributed by atoms with Crippen LogP contribution in [-0.2, 0) is 17.6 Å². The van der Waals surface area contributed by atoms with E-state index in [0.717, 1.165) is 41.8 Å². The van der Waals surface area contributed by atoms with Crippen molar-refractivity contribution >= 4 is 39.6 Å². The molecule has 0 aromatic carbocycles. The first-order valence-corrected chi connectivity index (χ1v) is 9.38. The molecule has 0 atom stereocenters. The summed E-state index contributed by atoms with van der Waals surface area (Å²) in [6.45, 7) is 1.96. The van der Waals surface area contributed by atoms with E-state index >= 15 is 0 Å². The molecule has 128 valence electrons. The highest BCUT2D eigenvalue weighted by atomic mass is 32.1. The highest BCUT2D eigenvalue weighted by molar-refractivity contribution is 7.80. The fraction of sp³-hybridized carbons (Fsp3) is 0.471. The van der Waals surface area contributed by atoms with Gasteiger partial charge >= 0.3 is 5.97 Å². The van der Waals surface area contributed by atoms with E-state index in [9.17, 15) is 4.79 Å². The van der Waals surface area contributed by atoms with Crippen molar-refractivity contribution in [1.82, 2.24) is 9.78 Å². The van der Waals surface area contributed by atoms with E-state index in [2.05, 4.69) is 10.4 Å². The van der Waals surface area contributed by atoms with Crippen LogP contribution in [0.15, 0.2) is 12.4 Å². The first-order valence-electron chi connectivity index (χ1n) is 8.15. The second-order valence-corrected chi connectivity index (χ2v) is 7.50. The molecule has 1 N–H and O–H groups in total. The summed E-state index contributed by atoms with van der Waals surface area (Å²) in [6, 6.07) is 0. The Hall–Kier alpha value is -1.73. The average molecular weight is 364 g/mol. The first kappa shape index (κ1) is 17.1. The van der Waals surface area contributed by atoms with Crippen molar-refractivity contribution < 1.29 is 9.53 Å². The molecule has 5 nitrogen and oxygen atoms in total. The van der Waals surface area contributed by atoms with Crippen molar-refractivity contribution in [2.75, 3.05) is 12.4 Å². The van der Waals surface area contributed by atoms with Gasteiger partial charge in [-0.2, -0.15) is 5.10 Å². The molecule has 0 bridgehead atoms. The molecule has 2 aromatic rings. The maximum absolute atomic E-state index is 12.4. The van der Waals surface area contributed by atoms with E-state index in [1.807, 2.05) is 13.1 Å². The van der Waals surface area contributed by atoms with Gasteiger partial charge in [-0.15, -0.1) is 11.3 Å². The summed E-state index contributed by atoms with van der Waals surface area (Å²) in [4.78, 5) is 13.6. The van der Waals surface area contributed by atoms with E-state index in [1.54, 1.807) is 22.2 Å². The van der Waals surface area contributed by atoms with E-state index in [0.29, 0.717) is 10.7 Å². The molecule has 0 fully saturated rings. The predicted molar refractivity (Wildman–Crippen MR) is 100 cm³/mol. The molecule has 0 spiro atoms. The number of aromatic nitrogens is 2. The zero-order valence-corrected chi connectivity index (χ0v) is 15.6. The van der Waals surface area contributed by atoms with Crippen LogP contribution in [0.25, 0.3) is 0 Å². The molecular formula is C17H21N3O2S2. The van der Waals surface area contributed by atoms with Crippen LogP contribution >= 0.6 is 23.6 Å². The Morgan fingerprint density at radius 3 is 2.75 bits per heavy atom. The number of methoxy groups -OCH3 is 1. The number of nitrogens with zero attached hydrogens (tertiary/aromatic N) is 2. The summed E-state index contributed by atoms with van der Waals surface area (Å²) >= 11 is 7.05. The topological polar surface area (TPSA) is 56.1 Å². The van der Waals surface area contributed by atoms with Gasteiger partial charge in [0.15, 0.2) is 5.11 Å². The van der Waals surface area contributed by atoms with Crippen molar-refractivity contribution in [3.05, 3.63) is 34.0 Å². The van der Waals surface area contributed by atoms with Crippen molar-refractivity contribution in [1.29, 1.82) is 0 Å². The summed E-state index contributed by atoms with van der Waals surface area (Å²) in [7, 11) is 1.42. The quantitative estimate of drug-likeness (QED) is 0.647. The molecule has 7 heteroatoms. The molecule has 3 rings (SSSR count). The number of ether oxygens (including phenoxy) is 1. The zero-order valence-electron chi connectivity index (χ0n) is 13.9. The third-order valence-corrected chi connectivity index (χ3v) is 5.70. The lowest BCUT2D eigenvalue weighted by molar-refractivity contribution is 0.0601. The standard InChI is InChI=1S/C17H21N3O2S2/c1-11-9-18-20(10-11)17(23)19-15-14(16(21)22-2)12-7-5-3-4-6-8-13(12)24-15/h9-10H,3-8H2,1-2H3,(H,19,23). The minimum absolute atomic E-state index is 0.296. The third-order valence-electron chi connectivity index (χ3n) is 4.20. The van der Waals surface area contributed by atoms with Crippen molar-refractivity contribution in [3.8, 4) is 0 Å². The summed E-state index contributed by atoms with van der Waals surface area (Å²) in [6.07, 6.45) is 10.3. The monoisotopic (exact) mass is 363 g/mol. The number of fused-ring (bicyclic) bond motifs is 1. The van der Waals surface area contributed by atoms with Crippen LogP contribution in [0, 0.1) is 6.92 Å². The maximum atomic E-state index is 12.4. The molecule has 0 saturated heterocycles. The Labute approximate surface area is 151 Å². The number of hydrogen-bond acceptors (Lipinski definition) is 5. The minimum atomic E-state index is -0.296. The van der Waals surface area contributed by atoms with Crippen LogP contribution < -0.4 is 5.32 Å². The van der Waals surface area contributed by atoms with Gasteiger partial charge in [0.2, 0.25) is 0 Å². The van der Waals surface area contributed by atoms with Gasteiger partial charge in [0.05, 0.1) is 18.9 Å². The van der Waals surface area contributed by atoms with Gasteiger partial charge < -0.3 is 10.1 Å². The largest absolute Gasteiger partial charge is 0.465 e. The van der Waals surface area contributed by atoms with Crippen LogP contribution in [0.3, 0.4) is 0 Å². The van der Waals surface area contributed by atoms with Crippen LogP contribution in [-0.4, -0.2) is 28.0 Å². The van der Waals surface area contributed by atoms with Crippen LogP contribution in [0.4, 0.5) is 5.00 Å². The lowest BCUT2D eigenvalue weighted by Crippen LogP contribution is -2.20. The van der Waals surface area contributed by atoms with Crippen LogP contribution in [0.2, 0.25) is 0 Å². The van der Waals surface area contributed by atoms with Gasteiger partial charge in [0.25, 0.3) is 0 Å². The van der Waals surface area contributed by atoms with Crippen molar-refractivity contribution in [2.24, 2.45) is 0 Å². The minimum Gasteiger partial charge on any atom is -0.465 e. The average Bonchev–Trinajstić information content (AvgIpc) is 3.11. The Morgan fingerprint density at radius 1 is 1.33 bits per heavy atom. The molecule has 0 aliphatic heterocycles. The molecular weight excluding hydrogens is 342 g/mol. The van der Waals surface area contributed by atoms with E-state index < -0.39 is 0 Å². The Balaban J connectivity index is 1.95. The zero-order chi connectivity index (χ0) is 17.1. The Morgan fingerprint density at radius 2 is 2.08 bits per heavy atom. The number of anilines is 1. The lowest BCUT2D eigenvalue weighted by atomic mass is 9.96. The number of thiophene rings is 1. The molecule has 0 radical (unpaired) electrons. The highest BCUT2D eigenvalue weighted by Crippen LogP contribution is 2.37. The molecule has 2 heterocycles. The van der Waals surface area contributed by atoms with E-state index in [-0.39, 0.29) is 5.97 Å². The number of aryl methyl sites for hydroxylation is 2. The number of carbonyl (C=O) groups is 1. The first-order chi connectivity index (χ1) is 11.6. The van der Waals surface area contributed by atoms with Gasteiger partial charge in [0, 0.05) is 11.1 Å². The number of esters is 1. The maximum Gasteiger partial charge on any atom is 0.341 e. The van der Waals surface area contributed by atoms with Crippen molar-refractivity contribution in [2.45, 2.75) is 45.4 Å². The van der Waals surface area contributed by atoms with Gasteiger partial charge in [-0.3, -0.25) is 0 Å². The molecule has 0 amide bonds. The third kappa shape index (κ3) is 3.52. The van der Waals surface area contributed by atoms with E-state index in [4.69, 9.17) is 17.0 Å².